The number of amides is 3. The number of furan rings is 1. The Bertz CT molecular complexity index is 877. The molecule has 1 atom stereocenters. The lowest BCUT2D eigenvalue weighted by Crippen LogP contribution is -2.59. The summed E-state index contributed by atoms with van der Waals surface area (Å²) in [5.74, 6) is -0.441. The highest BCUT2D eigenvalue weighted by Crippen LogP contribution is 2.30. The monoisotopic (exact) mass is 355 g/mol. The van der Waals surface area contributed by atoms with Crippen molar-refractivity contribution in [2.24, 2.45) is 0 Å². The number of nitrogens with one attached hydrogen (secondary N) is 1. The van der Waals surface area contributed by atoms with Gasteiger partial charge in [0.15, 0.2) is 0 Å². The molecule has 3 heterocycles. The molecule has 134 valence electrons. The zero-order valence-corrected chi connectivity index (χ0v) is 13.8. The third-order valence-corrected chi connectivity index (χ3v) is 4.75. The molecular formula is C18H17N3O5. The fourth-order valence-corrected chi connectivity index (χ4v) is 3.37. The number of fused-ring (bicyclic) bond motifs is 2. The standard InChI is InChI=1S/C18H17N3O5/c22-10-16(23)20-5-6-21-14(9-20)17(24)19-13-4-3-11(8-12(13)18(21)25)15-2-1-7-26-15/h1-4,7-8,14,22H,5-6,9-10H2,(H,19,24). The minimum absolute atomic E-state index is 0.0655. The first-order chi connectivity index (χ1) is 12.6. The first-order valence-electron chi connectivity index (χ1n) is 8.27. The van der Waals surface area contributed by atoms with Crippen LogP contribution in [-0.4, -0.2) is 64.9 Å². The first kappa shape index (κ1) is 16.3. The summed E-state index contributed by atoms with van der Waals surface area (Å²) >= 11 is 0. The van der Waals surface area contributed by atoms with Gasteiger partial charge >= 0.3 is 0 Å². The molecule has 26 heavy (non-hydrogen) atoms. The number of rotatable bonds is 2. The van der Waals surface area contributed by atoms with E-state index in [2.05, 4.69) is 5.32 Å². The quantitative estimate of drug-likeness (QED) is 0.819. The smallest absolute Gasteiger partial charge is 0.256 e. The van der Waals surface area contributed by atoms with Gasteiger partial charge in [-0.1, -0.05) is 0 Å². The molecule has 8 nitrogen and oxygen atoms in total. The summed E-state index contributed by atoms with van der Waals surface area (Å²) in [6.07, 6.45) is 1.55. The van der Waals surface area contributed by atoms with Crippen molar-refractivity contribution in [1.29, 1.82) is 0 Å². The van der Waals surface area contributed by atoms with E-state index >= 15 is 0 Å². The molecule has 2 aliphatic heterocycles. The minimum Gasteiger partial charge on any atom is -0.464 e. The topological polar surface area (TPSA) is 103 Å². The van der Waals surface area contributed by atoms with Crippen LogP contribution in [0, 0.1) is 0 Å². The summed E-state index contributed by atoms with van der Waals surface area (Å²) in [6.45, 7) is -0.0415. The molecule has 1 aromatic heterocycles. The van der Waals surface area contributed by atoms with Gasteiger partial charge in [-0.3, -0.25) is 14.4 Å². The highest BCUT2D eigenvalue weighted by atomic mass is 16.3. The van der Waals surface area contributed by atoms with E-state index in [4.69, 9.17) is 9.52 Å². The number of aliphatic hydroxyl groups excluding tert-OH is 1. The second-order valence-corrected chi connectivity index (χ2v) is 6.24. The number of hydrogen-bond donors (Lipinski definition) is 2. The van der Waals surface area contributed by atoms with Crippen molar-refractivity contribution in [1.82, 2.24) is 9.80 Å². The number of aliphatic hydroxyl groups is 1. The Morgan fingerprint density at radius 2 is 2.12 bits per heavy atom. The van der Waals surface area contributed by atoms with E-state index in [0.717, 1.165) is 5.56 Å². The van der Waals surface area contributed by atoms with Crippen LogP contribution in [0.2, 0.25) is 0 Å². The number of carbonyl (C=O) groups is 3. The fraction of sp³-hybridized carbons (Fsp3) is 0.278. The molecule has 2 aromatic rings. The Morgan fingerprint density at radius 1 is 1.27 bits per heavy atom. The van der Waals surface area contributed by atoms with Crippen molar-refractivity contribution in [2.45, 2.75) is 6.04 Å². The summed E-state index contributed by atoms with van der Waals surface area (Å²) in [7, 11) is 0. The van der Waals surface area contributed by atoms with E-state index in [0.29, 0.717) is 17.0 Å². The van der Waals surface area contributed by atoms with E-state index in [-0.39, 0.29) is 31.4 Å². The maximum Gasteiger partial charge on any atom is 0.256 e. The van der Waals surface area contributed by atoms with Gasteiger partial charge in [0.1, 0.15) is 18.4 Å². The highest BCUT2D eigenvalue weighted by molar-refractivity contribution is 6.10. The van der Waals surface area contributed by atoms with Gasteiger partial charge in [0.05, 0.1) is 24.1 Å². The normalized spacial score (nSPS) is 19.5. The van der Waals surface area contributed by atoms with Gasteiger partial charge in [-0.05, 0) is 30.3 Å². The lowest BCUT2D eigenvalue weighted by molar-refractivity contribution is -0.138. The molecule has 8 heteroatoms. The van der Waals surface area contributed by atoms with E-state index in [1.54, 1.807) is 36.6 Å². The molecule has 2 N–H and O–H groups in total. The maximum atomic E-state index is 13.0. The van der Waals surface area contributed by atoms with Gasteiger partial charge in [0.25, 0.3) is 5.91 Å². The van der Waals surface area contributed by atoms with Gasteiger partial charge in [0, 0.05) is 18.7 Å². The van der Waals surface area contributed by atoms with Crippen molar-refractivity contribution in [2.75, 3.05) is 31.6 Å². The summed E-state index contributed by atoms with van der Waals surface area (Å²) in [5.41, 5.74) is 1.56. The van der Waals surface area contributed by atoms with Gasteiger partial charge in [-0.2, -0.15) is 0 Å². The van der Waals surface area contributed by atoms with Crippen molar-refractivity contribution < 1.29 is 23.9 Å². The van der Waals surface area contributed by atoms with Crippen LogP contribution in [-0.2, 0) is 9.59 Å². The van der Waals surface area contributed by atoms with Crippen molar-refractivity contribution in [3.63, 3.8) is 0 Å². The number of carbonyl (C=O) groups excluding carboxylic acids is 3. The van der Waals surface area contributed by atoms with E-state index in [9.17, 15) is 14.4 Å². The molecule has 1 saturated heterocycles. The van der Waals surface area contributed by atoms with Gasteiger partial charge < -0.3 is 24.6 Å². The van der Waals surface area contributed by atoms with E-state index in [1.807, 2.05) is 0 Å². The van der Waals surface area contributed by atoms with E-state index in [1.165, 1.54) is 9.80 Å². The number of hydrogen-bond acceptors (Lipinski definition) is 5. The predicted molar refractivity (Wildman–Crippen MR) is 91.3 cm³/mol. The van der Waals surface area contributed by atoms with Crippen molar-refractivity contribution in [3.8, 4) is 11.3 Å². The summed E-state index contributed by atoms with van der Waals surface area (Å²) in [5, 5.41) is 11.8. The number of benzene rings is 1. The van der Waals surface area contributed by atoms with Crippen LogP contribution < -0.4 is 5.32 Å². The Morgan fingerprint density at radius 3 is 2.85 bits per heavy atom. The molecule has 3 amide bonds. The van der Waals surface area contributed by atoms with Crippen LogP contribution >= 0.6 is 0 Å². The third kappa shape index (κ3) is 2.64. The molecule has 0 saturated carbocycles. The average Bonchev–Trinajstić information content (AvgIpc) is 3.18. The third-order valence-electron chi connectivity index (χ3n) is 4.75. The van der Waals surface area contributed by atoms with Gasteiger partial charge in [-0.15, -0.1) is 0 Å². The lowest BCUT2D eigenvalue weighted by atomic mass is 10.1. The van der Waals surface area contributed by atoms with Crippen LogP contribution in [0.4, 0.5) is 5.69 Å². The molecule has 0 bridgehead atoms. The summed E-state index contributed by atoms with van der Waals surface area (Å²) in [4.78, 5) is 40.3. The molecule has 1 unspecified atom stereocenters. The summed E-state index contributed by atoms with van der Waals surface area (Å²) < 4.78 is 5.38. The molecule has 0 spiro atoms. The van der Waals surface area contributed by atoms with Crippen LogP contribution in [0.3, 0.4) is 0 Å². The van der Waals surface area contributed by atoms with E-state index < -0.39 is 18.6 Å². The zero-order chi connectivity index (χ0) is 18.3. The van der Waals surface area contributed by atoms with Crippen molar-refractivity contribution >= 4 is 23.4 Å². The SMILES string of the molecule is O=C1Nc2ccc(-c3ccco3)cc2C(=O)N2CCN(C(=O)CO)CC12. The largest absolute Gasteiger partial charge is 0.464 e. The van der Waals surface area contributed by atoms with Crippen LogP contribution in [0.15, 0.2) is 41.0 Å². The molecule has 4 rings (SSSR count). The summed E-state index contributed by atoms with van der Waals surface area (Å²) in [6, 6.07) is 7.92. The van der Waals surface area contributed by atoms with Crippen LogP contribution in [0.25, 0.3) is 11.3 Å². The predicted octanol–water partition coefficient (Wildman–Crippen LogP) is 0.544. The Hall–Kier alpha value is -3.13. The fourth-order valence-electron chi connectivity index (χ4n) is 3.37. The van der Waals surface area contributed by atoms with Crippen LogP contribution in [0.5, 0.6) is 0 Å². The molecule has 1 fully saturated rings. The zero-order valence-electron chi connectivity index (χ0n) is 13.8. The highest BCUT2D eigenvalue weighted by Gasteiger charge is 2.40. The lowest BCUT2D eigenvalue weighted by Gasteiger charge is -2.39. The average molecular weight is 355 g/mol. The number of piperazine rings is 1. The maximum absolute atomic E-state index is 13.0. The number of anilines is 1. The van der Waals surface area contributed by atoms with Crippen molar-refractivity contribution in [3.05, 3.63) is 42.2 Å². The Balaban J connectivity index is 1.68. The molecular weight excluding hydrogens is 338 g/mol. The molecule has 0 radical (unpaired) electrons. The second-order valence-electron chi connectivity index (χ2n) is 6.24. The number of nitrogens with zero attached hydrogens (tertiary/aromatic N) is 2. The minimum atomic E-state index is -0.786. The van der Waals surface area contributed by atoms with Gasteiger partial charge in [-0.25, -0.2) is 0 Å². The molecule has 1 aromatic carbocycles. The first-order valence-corrected chi connectivity index (χ1v) is 8.27. The van der Waals surface area contributed by atoms with Crippen LogP contribution in [0.1, 0.15) is 10.4 Å². The molecule has 2 aliphatic rings. The Labute approximate surface area is 149 Å². The Kier molecular flexibility index (Phi) is 3.96. The van der Waals surface area contributed by atoms with Gasteiger partial charge in [0.2, 0.25) is 11.8 Å². The second kappa shape index (κ2) is 6.30. The molecule has 0 aliphatic carbocycles.